The van der Waals surface area contributed by atoms with E-state index in [2.05, 4.69) is 24.1 Å². The summed E-state index contributed by atoms with van der Waals surface area (Å²) in [4.78, 5) is 16.9. The summed E-state index contributed by atoms with van der Waals surface area (Å²) in [5.74, 6) is 0.200. The van der Waals surface area contributed by atoms with Gasteiger partial charge < -0.3 is 11.1 Å². The minimum absolute atomic E-state index is 0. The van der Waals surface area contributed by atoms with Crippen molar-refractivity contribution in [2.45, 2.75) is 39.3 Å². The Balaban J connectivity index is 0.00000288. The molecule has 1 amide bonds. The summed E-state index contributed by atoms with van der Waals surface area (Å²) in [7, 11) is 0. The predicted octanol–water partition coefficient (Wildman–Crippen LogP) is 4.14. The molecule has 0 saturated carbocycles. The Kier molecular flexibility index (Phi) is 10.4. The molecule has 0 saturated heterocycles. The second kappa shape index (κ2) is 11.1. The topological polar surface area (TPSA) is 68.0 Å². The number of amides is 1. The maximum absolute atomic E-state index is 12.4. The summed E-state index contributed by atoms with van der Waals surface area (Å²) in [6.07, 6.45) is 2.03. The summed E-state index contributed by atoms with van der Waals surface area (Å²) in [6, 6.07) is 13.2. The Bertz CT molecular complexity index is 650. The van der Waals surface area contributed by atoms with Crippen LogP contribution in [0, 0.1) is 12.8 Å². The molecule has 4 nitrogen and oxygen atoms in total. The third-order valence-corrected chi connectivity index (χ3v) is 3.96. The molecule has 25 heavy (non-hydrogen) atoms. The second-order valence-electron chi connectivity index (χ2n) is 6.22. The van der Waals surface area contributed by atoms with Crippen LogP contribution in [0.1, 0.15) is 49.2 Å². The molecule has 2 unspecified atom stereocenters. The second-order valence-corrected chi connectivity index (χ2v) is 6.22. The lowest BCUT2D eigenvalue weighted by Crippen LogP contribution is -2.34. The Morgan fingerprint density at radius 2 is 1.76 bits per heavy atom. The number of halogens is 2. The Morgan fingerprint density at radius 3 is 2.32 bits per heavy atom. The summed E-state index contributed by atoms with van der Waals surface area (Å²) in [5.41, 5.74) is 9.11. The summed E-state index contributed by atoms with van der Waals surface area (Å²) >= 11 is 0. The van der Waals surface area contributed by atoms with E-state index >= 15 is 0 Å². The highest BCUT2D eigenvalue weighted by molar-refractivity contribution is 5.85. The normalized spacial score (nSPS) is 12.5. The molecule has 1 heterocycles. The average Bonchev–Trinajstić information content (AvgIpc) is 2.54. The highest BCUT2D eigenvalue weighted by atomic mass is 35.5. The van der Waals surface area contributed by atoms with E-state index in [9.17, 15) is 4.79 Å². The highest BCUT2D eigenvalue weighted by Gasteiger charge is 2.22. The number of aromatic nitrogens is 1. The zero-order chi connectivity index (χ0) is 16.8. The van der Waals surface area contributed by atoms with Gasteiger partial charge in [0.15, 0.2) is 0 Å². The SMILES string of the molecule is Cc1cccnc1C(NC(=O)CC(N)c1ccccc1)C(C)C.Cl.Cl. The molecule has 2 atom stereocenters. The van der Waals surface area contributed by atoms with Gasteiger partial charge in [-0.1, -0.05) is 50.2 Å². The van der Waals surface area contributed by atoms with E-state index in [1.165, 1.54) is 0 Å². The molecule has 1 aromatic heterocycles. The number of benzene rings is 1. The van der Waals surface area contributed by atoms with Gasteiger partial charge in [-0.05, 0) is 30.0 Å². The lowest BCUT2D eigenvalue weighted by molar-refractivity contribution is -0.122. The van der Waals surface area contributed by atoms with E-state index in [-0.39, 0.29) is 55.1 Å². The number of nitrogens with two attached hydrogens (primary N) is 1. The minimum Gasteiger partial charge on any atom is -0.347 e. The van der Waals surface area contributed by atoms with Crippen molar-refractivity contribution in [3.63, 3.8) is 0 Å². The third kappa shape index (κ3) is 6.65. The average molecular weight is 384 g/mol. The number of nitrogens with zero attached hydrogens (tertiary/aromatic N) is 1. The van der Waals surface area contributed by atoms with Gasteiger partial charge in [-0.15, -0.1) is 24.8 Å². The van der Waals surface area contributed by atoms with Crippen molar-refractivity contribution in [3.05, 3.63) is 65.5 Å². The lowest BCUT2D eigenvalue weighted by Gasteiger charge is -2.24. The molecule has 0 aliphatic carbocycles. The smallest absolute Gasteiger partial charge is 0.222 e. The Hall–Kier alpha value is -1.62. The van der Waals surface area contributed by atoms with Gasteiger partial charge >= 0.3 is 0 Å². The molecule has 0 aliphatic heterocycles. The van der Waals surface area contributed by atoms with E-state index in [0.29, 0.717) is 0 Å². The first-order valence-electron chi connectivity index (χ1n) is 8.00. The number of hydrogen-bond donors (Lipinski definition) is 2. The van der Waals surface area contributed by atoms with Crippen LogP contribution in [0.5, 0.6) is 0 Å². The fourth-order valence-electron chi connectivity index (χ4n) is 2.62. The quantitative estimate of drug-likeness (QED) is 0.787. The first kappa shape index (κ1) is 23.4. The van der Waals surface area contributed by atoms with Gasteiger partial charge in [0.25, 0.3) is 0 Å². The van der Waals surface area contributed by atoms with Crippen LogP contribution in [0.4, 0.5) is 0 Å². The molecule has 0 spiro atoms. The van der Waals surface area contributed by atoms with Gasteiger partial charge in [0.2, 0.25) is 5.91 Å². The number of pyridine rings is 1. The first-order valence-corrected chi connectivity index (χ1v) is 8.00. The van der Waals surface area contributed by atoms with Gasteiger partial charge in [-0.25, -0.2) is 0 Å². The molecule has 0 fully saturated rings. The molecule has 2 aromatic rings. The van der Waals surface area contributed by atoms with Gasteiger partial charge in [0.1, 0.15) is 0 Å². The van der Waals surface area contributed by atoms with Crippen LogP contribution < -0.4 is 11.1 Å². The van der Waals surface area contributed by atoms with Crippen LogP contribution in [0.3, 0.4) is 0 Å². The van der Waals surface area contributed by atoms with Crippen molar-refractivity contribution >= 4 is 30.7 Å². The zero-order valence-corrected chi connectivity index (χ0v) is 16.4. The molecule has 0 bridgehead atoms. The van der Waals surface area contributed by atoms with E-state index < -0.39 is 0 Å². The lowest BCUT2D eigenvalue weighted by atomic mass is 9.96. The summed E-state index contributed by atoms with van der Waals surface area (Å²) in [6.45, 7) is 6.17. The van der Waals surface area contributed by atoms with Crippen molar-refractivity contribution in [1.82, 2.24) is 10.3 Å². The number of aryl methyl sites for hydroxylation is 1. The van der Waals surface area contributed by atoms with Crippen molar-refractivity contribution in [2.24, 2.45) is 11.7 Å². The van der Waals surface area contributed by atoms with Gasteiger partial charge in [0.05, 0.1) is 11.7 Å². The molecule has 0 radical (unpaired) electrons. The largest absolute Gasteiger partial charge is 0.347 e. The Labute approximate surface area is 162 Å². The maximum atomic E-state index is 12.4. The van der Waals surface area contributed by atoms with Gasteiger partial charge in [-0.3, -0.25) is 9.78 Å². The van der Waals surface area contributed by atoms with Crippen LogP contribution in [-0.2, 0) is 4.79 Å². The van der Waals surface area contributed by atoms with E-state index in [0.717, 1.165) is 16.8 Å². The molecular weight excluding hydrogens is 357 g/mol. The van der Waals surface area contributed by atoms with Crippen molar-refractivity contribution in [2.75, 3.05) is 0 Å². The number of rotatable bonds is 6. The minimum atomic E-state index is -0.297. The van der Waals surface area contributed by atoms with E-state index in [1.54, 1.807) is 6.20 Å². The van der Waals surface area contributed by atoms with Crippen molar-refractivity contribution in [1.29, 1.82) is 0 Å². The number of hydrogen-bond acceptors (Lipinski definition) is 3. The predicted molar refractivity (Wildman–Crippen MR) is 107 cm³/mol. The summed E-state index contributed by atoms with van der Waals surface area (Å²) in [5, 5.41) is 3.09. The molecular formula is C19H27Cl2N3O. The van der Waals surface area contributed by atoms with E-state index in [1.807, 2.05) is 49.4 Å². The number of carbonyl (C=O) groups excluding carboxylic acids is 1. The standard InChI is InChI=1S/C19H25N3O.2ClH/c1-13(2)18(19-14(3)8-7-11-21-19)22-17(23)12-16(20)15-9-5-4-6-10-15;;/h4-11,13,16,18H,12,20H2,1-3H3,(H,22,23);2*1H. The monoisotopic (exact) mass is 383 g/mol. The maximum Gasteiger partial charge on any atom is 0.222 e. The van der Waals surface area contributed by atoms with Gasteiger partial charge in [-0.2, -0.15) is 0 Å². The van der Waals surface area contributed by atoms with Crippen LogP contribution in [-0.4, -0.2) is 10.9 Å². The molecule has 0 aliphatic rings. The fraction of sp³-hybridized carbons (Fsp3) is 0.368. The molecule has 1 aromatic carbocycles. The summed E-state index contributed by atoms with van der Waals surface area (Å²) < 4.78 is 0. The van der Waals surface area contributed by atoms with Crippen LogP contribution in [0.15, 0.2) is 48.7 Å². The molecule has 2 rings (SSSR count). The molecule has 3 N–H and O–H groups in total. The van der Waals surface area contributed by atoms with E-state index in [4.69, 9.17) is 5.73 Å². The highest BCUT2D eigenvalue weighted by Crippen LogP contribution is 2.23. The van der Waals surface area contributed by atoms with Crippen molar-refractivity contribution < 1.29 is 4.79 Å². The van der Waals surface area contributed by atoms with Crippen molar-refractivity contribution in [3.8, 4) is 0 Å². The zero-order valence-electron chi connectivity index (χ0n) is 14.8. The van der Waals surface area contributed by atoms with Gasteiger partial charge in [0, 0.05) is 18.7 Å². The number of carbonyl (C=O) groups is 1. The Morgan fingerprint density at radius 1 is 1.12 bits per heavy atom. The van der Waals surface area contributed by atoms with Crippen LogP contribution in [0.2, 0.25) is 0 Å². The molecule has 138 valence electrons. The number of nitrogens with one attached hydrogen (secondary N) is 1. The molecule has 6 heteroatoms. The van der Waals surface area contributed by atoms with Crippen LogP contribution in [0.25, 0.3) is 0 Å². The first-order chi connectivity index (χ1) is 11.0. The third-order valence-electron chi connectivity index (χ3n) is 3.96. The van der Waals surface area contributed by atoms with Crippen LogP contribution >= 0.6 is 24.8 Å². The fourth-order valence-corrected chi connectivity index (χ4v) is 2.62.